The molecule has 37 heavy (non-hydrogen) atoms. The number of aryl methyl sites for hydroxylation is 2. The van der Waals surface area contributed by atoms with E-state index in [0.29, 0.717) is 47.9 Å². The summed E-state index contributed by atoms with van der Waals surface area (Å²) >= 11 is 0. The highest BCUT2D eigenvalue weighted by Crippen LogP contribution is 2.19. The lowest BCUT2D eigenvalue weighted by atomic mass is 10.0. The zero-order chi connectivity index (χ0) is 26.5. The van der Waals surface area contributed by atoms with E-state index in [4.69, 9.17) is 0 Å². The van der Waals surface area contributed by atoms with Gasteiger partial charge in [0, 0.05) is 24.5 Å². The Morgan fingerprint density at radius 3 is 2.65 bits per heavy atom. The first-order chi connectivity index (χ1) is 17.8. The molecule has 0 aliphatic carbocycles. The number of carbonyl (C=O) groups is 2. The molecule has 3 N–H and O–H groups in total. The summed E-state index contributed by atoms with van der Waals surface area (Å²) in [6.07, 6.45) is 6.53. The van der Waals surface area contributed by atoms with Crippen LogP contribution in [0.4, 0.5) is 0 Å². The van der Waals surface area contributed by atoms with Gasteiger partial charge < -0.3 is 15.7 Å². The molecule has 0 unspecified atom stereocenters. The summed E-state index contributed by atoms with van der Waals surface area (Å²) in [6, 6.07) is 11.1. The number of amides is 2. The molecule has 9 heteroatoms. The fraction of sp³-hybridized carbons (Fsp3) is 0.357. The summed E-state index contributed by atoms with van der Waals surface area (Å²) in [6.45, 7) is 8.18. The van der Waals surface area contributed by atoms with Gasteiger partial charge in [0.2, 0.25) is 0 Å². The third-order valence-corrected chi connectivity index (χ3v) is 6.18. The third kappa shape index (κ3) is 5.89. The Bertz CT molecular complexity index is 1400. The minimum Gasteiger partial charge on any atom is -0.394 e. The Kier molecular flexibility index (Phi) is 8.03. The van der Waals surface area contributed by atoms with Gasteiger partial charge in [-0.2, -0.15) is 5.10 Å². The zero-order valence-corrected chi connectivity index (χ0v) is 21.7. The van der Waals surface area contributed by atoms with Crippen molar-refractivity contribution in [1.29, 1.82) is 0 Å². The molecule has 0 saturated heterocycles. The van der Waals surface area contributed by atoms with E-state index >= 15 is 0 Å². The molecular weight excluding hydrogens is 468 g/mol. The van der Waals surface area contributed by atoms with Gasteiger partial charge >= 0.3 is 0 Å². The number of nitrogens with one attached hydrogen (secondary N) is 2. The van der Waals surface area contributed by atoms with Gasteiger partial charge in [0.1, 0.15) is 5.69 Å². The van der Waals surface area contributed by atoms with Crippen molar-refractivity contribution >= 4 is 17.5 Å². The maximum Gasteiger partial charge on any atom is 0.270 e. The minimum atomic E-state index is -0.352. The van der Waals surface area contributed by atoms with Crippen LogP contribution < -0.4 is 10.6 Å². The lowest BCUT2D eigenvalue weighted by Crippen LogP contribution is -2.39. The van der Waals surface area contributed by atoms with Crippen molar-refractivity contribution in [2.24, 2.45) is 5.92 Å². The third-order valence-electron chi connectivity index (χ3n) is 6.18. The second-order valence-corrected chi connectivity index (χ2v) is 9.67. The van der Waals surface area contributed by atoms with Crippen LogP contribution in [0.1, 0.15) is 64.9 Å². The van der Waals surface area contributed by atoms with Crippen LogP contribution in [0.15, 0.2) is 55.0 Å². The van der Waals surface area contributed by atoms with Crippen LogP contribution in [-0.2, 0) is 13.0 Å². The molecule has 194 valence electrons. The van der Waals surface area contributed by atoms with Gasteiger partial charge in [0.05, 0.1) is 35.8 Å². The Morgan fingerprint density at radius 2 is 1.95 bits per heavy atom. The van der Waals surface area contributed by atoms with Crippen molar-refractivity contribution in [2.75, 3.05) is 6.61 Å². The second-order valence-electron chi connectivity index (χ2n) is 9.67. The topological polar surface area (TPSA) is 114 Å². The smallest absolute Gasteiger partial charge is 0.270 e. The molecular formula is C28H34N6O3. The van der Waals surface area contributed by atoms with Crippen LogP contribution in [0.25, 0.3) is 11.3 Å². The van der Waals surface area contributed by atoms with Crippen molar-refractivity contribution in [1.82, 2.24) is 29.8 Å². The molecule has 0 aliphatic rings. The van der Waals surface area contributed by atoms with Gasteiger partial charge in [-0.1, -0.05) is 32.9 Å². The molecule has 2 amide bonds. The number of aliphatic hydroxyl groups is 1. The normalized spacial score (nSPS) is 12.2. The monoisotopic (exact) mass is 502 g/mol. The average Bonchev–Trinajstić information content (AvgIpc) is 3.51. The largest absolute Gasteiger partial charge is 0.394 e. The molecule has 3 aromatic heterocycles. The highest BCUT2D eigenvalue weighted by atomic mass is 16.3. The Labute approximate surface area is 216 Å². The van der Waals surface area contributed by atoms with E-state index < -0.39 is 0 Å². The number of imidazole rings is 1. The summed E-state index contributed by atoms with van der Waals surface area (Å²) in [7, 11) is 0. The first kappa shape index (κ1) is 26.1. The lowest BCUT2D eigenvalue weighted by molar-refractivity contribution is 0.0899. The minimum absolute atomic E-state index is 0.143. The maximum atomic E-state index is 13.2. The molecule has 4 aromatic rings. The van der Waals surface area contributed by atoms with E-state index in [-0.39, 0.29) is 24.5 Å². The second kappa shape index (κ2) is 11.4. The number of pyridine rings is 1. The van der Waals surface area contributed by atoms with Gasteiger partial charge in [0.15, 0.2) is 5.65 Å². The highest BCUT2D eigenvalue weighted by Gasteiger charge is 2.24. The summed E-state index contributed by atoms with van der Waals surface area (Å²) in [4.78, 5) is 31.0. The lowest BCUT2D eigenvalue weighted by Gasteiger charge is -2.18. The van der Waals surface area contributed by atoms with E-state index in [1.807, 2.05) is 58.2 Å². The molecule has 1 atom stereocenters. The van der Waals surface area contributed by atoms with E-state index in [1.54, 1.807) is 33.6 Å². The fourth-order valence-electron chi connectivity index (χ4n) is 4.42. The number of nitrogens with zero attached hydrogens (tertiary/aromatic N) is 4. The van der Waals surface area contributed by atoms with Crippen LogP contribution in [0.2, 0.25) is 0 Å². The molecule has 0 radical (unpaired) electrons. The van der Waals surface area contributed by atoms with Crippen LogP contribution in [0, 0.1) is 12.8 Å². The summed E-state index contributed by atoms with van der Waals surface area (Å²) in [5.74, 6) is -0.281. The van der Waals surface area contributed by atoms with Gasteiger partial charge in [-0.05, 0) is 55.5 Å². The predicted octanol–water partition coefficient (Wildman–Crippen LogP) is 3.46. The summed E-state index contributed by atoms with van der Waals surface area (Å²) in [5.41, 5.74) is 4.73. The van der Waals surface area contributed by atoms with Crippen LogP contribution >= 0.6 is 0 Å². The van der Waals surface area contributed by atoms with Gasteiger partial charge in [0.25, 0.3) is 11.8 Å². The maximum absolute atomic E-state index is 13.2. The van der Waals surface area contributed by atoms with Crippen molar-refractivity contribution in [3.05, 3.63) is 83.1 Å². The Hall–Kier alpha value is -3.98. The van der Waals surface area contributed by atoms with E-state index in [9.17, 15) is 14.7 Å². The number of hydrogen-bond acceptors (Lipinski definition) is 5. The molecule has 0 saturated carbocycles. The van der Waals surface area contributed by atoms with Crippen LogP contribution in [0.5, 0.6) is 0 Å². The molecule has 0 bridgehead atoms. The van der Waals surface area contributed by atoms with Crippen molar-refractivity contribution in [3.8, 4) is 5.69 Å². The number of aromatic nitrogens is 4. The van der Waals surface area contributed by atoms with E-state index in [1.165, 1.54) is 0 Å². The molecule has 4 rings (SSSR count). The Balaban J connectivity index is 1.53. The predicted molar refractivity (Wildman–Crippen MR) is 142 cm³/mol. The van der Waals surface area contributed by atoms with Crippen LogP contribution in [0.3, 0.4) is 0 Å². The molecule has 9 nitrogen and oxygen atoms in total. The first-order valence-electron chi connectivity index (χ1n) is 12.6. The van der Waals surface area contributed by atoms with E-state index in [0.717, 1.165) is 16.8 Å². The van der Waals surface area contributed by atoms with Gasteiger partial charge in [-0.15, -0.1) is 0 Å². The summed E-state index contributed by atoms with van der Waals surface area (Å²) in [5, 5.41) is 20.0. The molecule has 3 heterocycles. The first-order valence-corrected chi connectivity index (χ1v) is 12.6. The SMILES string of the molecule is CCc1nc2c(C(=O)NCc3cnn(-c4cccc(C)c4)c3)cccn2c1C(=O)N[C@H](CO)CC(C)C. The van der Waals surface area contributed by atoms with Crippen LogP contribution in [-0.4, -0.2) is 48.7 Å². The number of hydrogen-bond donors (Lipinski definition) is 3. The number of benzene rings is 1. The molecule has 1 aromatic carbocycles. The quantitative estimate of drug-likeness (QED) is 0.307. The zero-order valence-electron chi connectivity index (χ0n) is 21.7. The number of aliphatic hydroxyl groups excluding tert-OH is 1. The number of rotatable bonds is 10. The average molecular weight is 503 g/mol. The number of fused-ring (bicyclic) bond motifs is 1. The number of carbonyl (C=O) groups excluding carboxylic acids is 2. The molecule has 0 fully saturated rings. The summed E-state index contributed by atoms with van der Waals surface area (Å²) < 4.78 is 3.43. The molecule has 0 aliphatic heterocycles. The van der Waals surface area contributed by atoms with Crippen molar-refractivity contribution < 1.29 is 14.7 Å². The highest BCUT2D eigenvalue weighted by molar-refractivity contribution is 6.01. The van der Waals surface area contributed by atoms with Crippen molar-refractivity contribution in [2.45, 2.75) is 53.1 Å². The van der Waals surface area contributed by atoms with E-state index in [2.05, 4.69) is 20.7 Å². The molecule has 0 spiro atoms. The van der Waals surface area contributed by atoms with Gasteiger partial charge in [-0.3, -0.25) is 14.0 Å². The van der Waals surface area contributed by atoms with Crippen molar-refractivity contribution in [3.63, 3.8) is 0 Å². The van der Waals surface area contributed by atoms with Gasteiger partial charge in [-0.25, -0.2) is 9.67 Å². The fourth-order valence-corrected chi connectivity index (χ4v) is 4.42. The Morgan fingerprint density at radius 1 is 1.14 bits per heavy atom. The standard InChI is InChI=1S/C28H34N6O3/c1-5-24-25(28(37)31-21(17-35)12-18(2)3)33-11-7-10-23(26(33)32-24)27(36)29-14-20-15-30-34(16-20)22-9-6-8-19(4)13-22/h6-11,13,15-16,18,21,35H,5,12,14,17H2,1-4H3,(H,29,36)(H,31,37)/t21-/m0/s1.